The average molecular weight is 279 g/mol. The van der Waals surface area contributed by atoms with E-state index in [0.29, 0.717) is 4.88 Å². The lowest BCUT2D eigenvalue weighted by Gasteiger charge is -2.07. The molecule has 1 atom stereocenters. The quantitative estimate of drug-likeness (QED) is 0.898. The molecule has 2 aromatic rings. The second kappa shape index (κ2) is 5.27. The molecule has 1 amide bonds. The van der Waals surface area contributed by atoms with Gasteiger partial charge in [0.2, 0.25) is 0 Å². The van der Waals surface area contributed by atoms with Gasteiger partial charge in [0.05, 0.1) is 12.0 Å². The highest BCUT2D eigenvalue weighted by Crippen LogP contribution is 2.28. The topological polar surface area (TPSA) is 75.6 Å². The zero-order valence-corrected chi connectivity index (χ0v) is 11.3. The third-order valence-corrected chi connectivity index (χ3v) is 3.78. The van der Waals surface area contributed by atoms with Crippen LogP contribution >= 0.6 is 11.3 Å². The maximum absolute atomic E-state index is 11.9. The second-order valence-electron chi connectivity index (χ2n) is 4.05. The summed E-state index contributed by atoms with van der Waals surface area (Å²) in [6.45, 7) is 1.43. The normalized spacial score (nSPS) is 12.1. The van der Waals surface area contributed by atoms with E-state index in [1.54, 1.807) is 13.2 Å². The van der Waals surface area contributed by atoms with E-state index >= 15 is 0 Å². The number of rotatable bonds is 4. The summed E-state index contributed by atoms with van der Waals surface area (Å²) < 4.78 is 6.07. The van der Waals surface area contributed by atoms with Crippen LogP contribution in [-0.4, -0.2) is 30.1 Å². The molecule has 1 aromatic heterocycles. The van der Waals surface area contributed by atoms with Crippen molar-refractivity contribution in [3.8, 4) is 5.75 Å². The number of aliphatic carboxylic acids is 1. The molecule has 0 radical (unpaired) electrons. The van der Waals surface area contributed by atoms with Crippen molar-refractivity contribution in [1.29, 1.82) is 0 Å². The van der Waals surface area contributed by atoms with E-state index < -0.39 is 12.0 Å². The Morgan fingerprint density at radius 1 is 1.37 bits per heavy atom. The fourth-order valence-electron chi connectivity index (χ4n) is 1.59. The number of ether oxygens (including phenoxy) is 1. The first-order chi connectivity index (χ1) is 9.01. The van der Waals surface area contributed by atoms with Crippen LogP contribution in [0.3, 0.4) is 0 Å². The van der Waals surface area contributed by atoms with Gasteiger partial charge in [-0.1, -0.05) is 0 Å². The summed E-state index contributed by atoms with van der Waals surface area (Å²) in [6.07, 6.45) is 0. The SMILES string of the molecule is COc1ccc2sc(C(=O)N[C@@H](C)C(=O)O)cc2c1. The number of hydrogen-bond donors (Lipinski definition) is 2. The molecule has 5 nitrogen and oxygen atoms in total. The lowest BCUT2D eigenvalue weighted by Crippen LogP contribution is -2.37. The third-order valence-electron chi connectivity index (χ3n) is 2.67. The molecule has 0 saturated heterocycles. The number of amides is 1. The third kappa shape index (κ3) is 2.85. The molecule has 2 rings (SSSR count). The number of methoxy groups -OCH3 is 1. The smallest absolute Gasteiger partial charge is 0.325 e. The van der Waals surface area contributed by atoms with E-state index in [1.165, 1.54) is 18.3 Å². The standard InChI is InChI=1S/C13H13NO4S/c1-7(13(16)17)14-12(15)11-6-8-5-9(18-2)3-4-10(8)19-11/h3-7H,1-2H3,(H,14,15)(H,16,17)/t7-/m0/s1. The molecule has 2 N–H and O–H groups in total. The largest absolute Gasteiger partial charge is 0.497 e. The lowest BCUT2D eigenvalue weighted by atomic mass is 10.2. The Balaban J connectivity index is 2.25. The average Bonchev–Trinajstić information content (AvgIpc) is 2.81. The fourth-order valence-corrected chi connectivity index (χ4v) is 2.54. The van der Waals surface area contributed by atoms with E-state index in [9.17, 15) is 9.59 Å². The van der Waals surface area contributed by atoms with Gasteiger partial charge < -0.3 is 15.2 Å². The first-order valence-electron chi connectivity index (χ1n) is 5.62. The maximum atomic E-state index is 11.9. The van der Waals surface area contributed by atoms with Crippen LogP contribution in [0.25, 0.3) is 10.1 Å². The number of carbonyl (C=O) groups is 2. The van der Waals surface area contributed by atoms with Crippen molar-refractivity contribution in [3.05, 3.63) is 29.1 Å². The summed E-state index contributed by atoms with van der Waals surface area (Å²) in [5.74, 6) is -0.720. The number of benzene rings is 1. The van der Waals surface area contributed by atoms with Crippen LogP contribution < -0.4 is 10.1 Å². The molecule has 0 aliphatic rings. The maximum Gasteiger partial charge on any atom is 0.325 e. The van der Waals surface area contributed by atoms with Gasteiger partial charge in [-0.2, -0.15) is 0 Å². The van der Waals surface area contributed by atoms with E-state index in [4.69, 9.17) is 9.84 Å². The summed E-state index contributed by atoms with van der Waals surface area (Å²) in [7, 11) is 1.58. The number of nitrogens with one attached hydrogen (secondary N) is 1. The Labute approximate surface area is 113 Å². The summed E-state index contributed by atoms with van der Waals surface area (Å²) in [5.41, 5.74) is 0. The van der Waals surface area contributed by atoms with Crippen molar-refractivity contribution in [2.75, 3.05) is 7.11 Å². The molecule has 1 aromatic carbocycles. The molecule has 0 fully saturated rings. The van der Waals surface area contributed by atoms with Crippen molar-refractivity contribution in [1.82, 2.24) is 5.32 Å². The molecule has 6 heteroatoms. The number of hydrogen-bond acceptors (Lipinski definition) is 4. The Morgan fingerprint density at radius 2 is 2.11 bits per heavy atom. The van der Waals surface area contributed by atoms with Crippen molar-refractivity contribution in [2.45, 2.75) is 13.0 Å². The highest BCUT2D eigenvalue weighted by molar-refractivity contribution is 7.20. The van der Waals surface area contributed by atoms with E-state index in [2.05, 4.69) is 5.32 Å². The fraction of sp³-hybridized carbons (Fsp3) is 0.231. The first kappa shape index (κ1) is 13.4. The molecule has 0 saturated carbocycles. The van der Waals surface area contributed by atoms with Gasteiger partial charge in [0.1, 0.15) is 11.8 Å². The van der Waals surface area contributed by atoms with Crippen LogP contribution in [0.15, 0.2) is 24.3 Å². The highest BCUT2D eigenvalue weighted by atomic mass is 32.1. The zero-order chi connectivity index (χ0) is 14.0. The molecule has 0 spiro atoms. The summed E-state index contributed by atoms with van der Waals surface area (Å²) in [4.78, 5) is 23.1. The van der Waals surface area contributed by atoms with Crippen LogP contribution in [0, 0.1) is 0 Å². The number of carboxylic acid groups (broad SMARTS) is 1. The van der Waals surface area contributed by atoms with Crippen LogP contribution in [0.1, 0.15) is 16.6 Å². The molecule has 100 valence electrons. The second-order valence-corrected chi connectivity index (χ2v) is 5.13. The van der Waals surface area contributed by atoms with Gasteiger partial charge in [-0.05, 0) is 36.6 Å². The van der Waals surface area contributed by atoms with Gasteiger partial charge in [-0.3, -0.25) is 9.59 Å². The van der Waals surface area contributed by atoms with E-state index in [0.717, 1.165) is 15.8 Å². The minimum Gasteiger partial charge on any atom is -0.497 e. The number of carbonyl (C=O) groups excluding carboxylic acids is 1. The van der Waals surface area contributed by atoms with Crippen molar-refractivity contribution < 1.29 is 19.4 Å². The van der Waals surface area contributed by atoms with Gasteiger partial charge in [0, 0.05) is 4.70 Å². The zero-order valence-electron chi connectivity index (χ0n) is 10.5. The Bertz CT molecular complexity index is 635. The molecule has 0 bridgehead atoms. The Hall–Kier alpha value is -2.08. The van der Waals surface area contributed by atoms with Crippen molar-refractivity contribution in [3.63, 3.8) is 0 Å². The molecule has 0 unspecified atom stereocenters. The van der Waals surface area contributed by atoms with E-state index in [1.807, 2.05) is 18.2 Å². The van der Waals surface area contributed by atoms with Gasteiger partial charge in [-0.15, -0.1) is 11.3 Å². The number of thiophene rings is 1. The van der Waals surface area contributed by atoms with Gasteiger partial charge >= 0.3 is 5.97 Å². The first-order valence-corrected chi connectivity index (χ1v) is 6.44. The number of carboxylic acids is 1. The van der Waals surface area contributed by atoms with Crippen LogP contribution in [0.4, 0.5) is 0 Å². The summed E-state index contributed by atoms with van der Waals surface area (Å²) in [5, 5.41) is 12.1. The summed E-state index contributed by atoms with van der Waals surface area (Å²) >= 11 is 1.32. The van der Waals surface area contributed by atoms with Crippen molar-refractivity contribution >= 4 is 33.3 Å². The van der Waals surface area contributed by atoms with Crippen molar-refractivity contribution in [2.24, 2.45) is 0 Å². The highest BCUT2D eigenvalue weighted by Gasteiger charge is 2.17. The van der Waals surface area contributed by atoms with Gasteiger partial charge in [0.25, 0.3) is 5.91 Å². The van der Waals surface area contributed by atoms with Gasteiger partial charge in [-0.25, -0.2) is 0 Å². The molecule has 19 heavy (non-hydrogen) atoms. The monoisotopic (exact) mass is 279 g/mol. The molecular weight excluding hydrogens is 266 g/mol. The predicted octanol–water partition coefficient (Wildman–Crippen LogP) is 2.11. The van der Waals surface area contributed by atoms with E-state index in [-0.39, 0.29) is 5.91 Å². The van der Waals surface area contributed by atoms with Crippen LogP contribution in [0.2, 0.25) is 0 Å². The minimum atomic E-state index is -1.06. The van der Waals surface area contributed by atoms with Crippen LogP contribution in [0.5, 0.6) is 5.75 Å². The van der Waals surface area contributed by atoms with Crippen LogP contribution in [-0.2, 0) is 4.79 Å². The summed E-state index contributed by atoms with van der Waals surface area (Å²) in [6, 6.07) is 6.35. The molecule has 0 aliphatic carbocycles. The number of fused-ring (bicyclic) bond motifs is 1. The Kier molecular flexibility index (Phi) is 3.71. The minimum absolute atomic E-state index is 0.380. The molecular formula is C13H13NO4S. The predicted molar refractivity (Wildman–Crippen MR) is 72.9 cm³/mol. The lowest BCUT2D eigenvalue weighted by molar-refractivity contribution is -0.138. The Morgan fingerprint density at radius 3 is 2.74 bits per heavy atom. The van der Waals surface area contributed by atoms with Gasteiger partial charge in [0.15, 0.2) is 0 Å². The molecule has 1 heterocycles. The molecule has 0 aliphatic heterocycles.